The second-order valence-electron chi connectivity index (χ2n) is 6.68. The third-order valence-corrected chi connectivity index (χ3v) is 5.28. The van der Waals surface area contributed by atoms with Gasteiger partial charge in [-0.25, -0.2) is 0 Å². The molecule has 1 saturated heterocycles. The van der Waals surface area contributed by atoms with E-state index in [1.807, 2.05) is 25.1 Å². The van der Waals surface area contributed by atoms with Crippen molar-refractivity contribution in [3.63, 3.8) is 0 Å². The summed E-state index contributed by atoms with van der Waals surface area (Å²) in [5.74, 6) is 0.192. The first-order valence-electron chi connectivity index (χ1n) is 8.63. The first-order valence-corrected chi connectivity index (χ1v) is 9.01. The zero-order valence-electron chi connectivity index (χ0n) is 13.8. The molecule has 1 aromatic rings. The highest BCUT2D eigenvalue weighted by atomic mass is 35.5. The molecule has 1 N–H and O–H groups in total. The first-order chi connectivity index (χ1) is 11.1. The molecule has 0 aromatic heterocycles. The summed E-state index contributed by atoms with van der Waals surface area (Å²) in [6.07, 6.45) is 3.28. The van der Waals surface area contributed by atoms with E-state index >= 15 is 0 Å². The molecule has 1 amide bonds. The molecule has 3 rings (SSSR count). The highest BCUT2D eigenvalue weighted by Crippen LogP contribution is 2.19. The van der Waals surface area contributed by atoms with Crippen molar-refractivity contribution in [1.82, 2.24) is 15.1 Å². The van der Waals surface area contributed by atoms with E-state index < -0.39 is 0 Å². The minimum atomic E-state index is -0.0127. The van der Waals surface area contributed by atoms with Crippen LogP contribution in [0.2, 0.25) is 5.02 Å². The highest BCUT2D eigenvalue weighted by molar-refractivity contribution is 6.31. The van der Waals surface area contributed by atoms with Crippen molar-refractivity contribution < 1.29 is 4.79 Å². The van der Waals surface area contributed by atoms with Gasteiger partial charge in [0.25, 0.3) is 0 Å². The molecule has 5 heteroatoms. The molecular formula is C18H26ClN3O. The number of carbonyl (C=O) groups is 1. The third-order valence-electron chi connectivity index (χ3n) is 4.91. The normalized spacial score (nSPS) is 21.1. The van der Waals surface area contributed by atoms with Crippen LogP contribution in [0.5, 0.6) is 0 Å². The summed E-state index contributed by atoms with van der Waals surface area (Å²) in [6, 6.07) is 8.50. The lowest BCUT2D eigenvalue weighted by Crippen LogP contribution is -2.54. The van der Waals surface area contributed by atoms with Crippen LogP contribution >= 0.6 is 11.6 Å². The van der Waals surface area contributed by atoms with Crippen LogP contribution in [0.25, 0.3) is 0 Å². The Morgan fingerprint density at radius 1 is 1.26 bits per heavy atom. The molecule has 1 aliphatic carbocycles. The van der Waals surface area contributed by atoms with Crippen LogP contribution in [0.1, 0.15) is 25.3 Å². The average molecular weight is 336 g/mol. The number of nitrogens with zero attached hydrogens (tertiary/aromatic N) is 2. The Labute approximate surface area is 143 Å². The van der Waals surface area contributed by atoms with Crippen LogP contribution in [-0.4, -0.2) is 60.5 Å². The van der Waals surface area contributed by atoms with Gasteiger partial charge >= 0.3 is 0 Å². The molecule has 0 radical (unpaired) electrons. The van der Waals surface area contributed by atoms with E-state index in [-0.39, 0.29) is 11.9 Å². The van der Waals surface area contributed by atoms with Crippen molar-refractivity contribution in [2.45, 2.75) is 38.3 Å². The summed E-state index contributed by atoms with van der Waals surface area (Å²) in [4.78, 5) is 16.9. The van der Waals surface area contributed by atoms with E-state index in [2.05, 4.69) is 21.2 Å². The summed E-state index contributed by atoms with van der Waals surface area (Å²) < 4.78 is 0. The second kappa shape index (κ2) is 7.65. The predicted molar refractivity (Wildman–Crippen MR) is 93.8 cm³/mol. The number of rotatable bonds is 6. The number of piperazine rings is 1. The average Bonchev–Trinajstić information content (AvgIpc) is 3.38. The van der Waals surface area contributed by atoms with Gasteiger partial charge in [-0.1, -0.05) is 29.8 Å². The van der Waals surface area contributed by atoms with Crippen LogP contribution in [0.15, 0.2) is 24.3 Å². The Bertz CT molecular complexity index is 539. The second-order valence-corrected chi connectivity index (χ2v) is 7.09. The molecule has 2 fully saturated rings. The monoisotopic (exact) mass is 335 g/mol. The Morgan fingerprint density at radius 3 is 2.61 bits per heavy atom. The topological polar surface area (TPSA) is 35.6 Å². The maximum absolute atomic E-state index is 12.1. The zero-order chi connectivity index (χ0) is 16.2. The third kappa shape index (κ3) is 4.69. The summed E-state index contributed by atoms with van der Waals surface area (Å²) in [5, 5.41) is 3.96. The zero-order valence-corrected chi connectivity index (χ0v) is 14.6. The van der Waals surface area contributed by atoms with Crippen LogP contribution in [0.3, 0.4) is 0 Å². The van der Waals surface area contributed by atoms with Gasteiger partial charge in [0.15, 0.2) is 0 Å². The maximum atomic E-state index is 12.1. The van der Waals surface area contributed by atoms with Gasteiger partial charge in [-0.2, -0.15) is 0 Å². The van der Waals surface area contributed by atoms with E-state index in [4.69, 9.17) is 11.6 Å². The molecule has 1 unspecified atom stereocenters. The summed E-state index contributed by atoms with van der Waals surface area (Å²) in [5.41, 5.74) is 1.22. The van der Waals surface area contributed by atoms with Gasteiger partial charge in [-0.3, -0.25) is 9.69 Å². The SMILES string of the molecule is CC(C(=O)NC1CC1)N1CCN(CCc2ccccc2Cl)CC1. The lowest BCUT2D eigenvalue weighted by atomic mass is 10.1. The van der Waals surface area contributed by atoms with Gasteiger partial charge in [0.1, 0.15) is 0 Å². The van der Waals surface area contributed by atoms with Crippen LogP contribution in [0, 0.1) is 0 Å². The van der Waals surface area contributed by atoms with Gasteiger partial charge in [-0.15, -0.1) is 0 Å². The van der Waals surface area contributed by atoms with Gasteiger partial charge < -0.3 is 10.2 Å². The quantitative estimate of drug-likeness (QED) is 0.865. The number of hydrogen-bond donors (Lipinski definition) is 1. The number of hydrogen-bond acceptors (Lipinski definition) is 3. The first kappa shape index (κ1) is 16.7. The minimum absolute atomic E-state index is 0.0127. The van der Waals surface area contributed by atoms with Crippen molar-refractivity contribution in [3.8, 4) is 0 Å². The van der Waals surface area contributed by atoms with E-state index in [0.29, 0.717) is 6.04 Å². The van der Waals surface area contributed by atoms with Gasteiger partial charge in [0.2, 0.25) is 5.91 Å². The minimum Gasteiger partial charge on any atom is -0.352 e. The van der Waals surface area contributed by atoms with Crippen molar-refractivity contribution in [2.24, 2.45) is 0 Å². The number of carbonyl (C=O) groups excluding carboxylic acids is 1. The Kier molecular flexibility index (Phi) is 5.57. The molecule has 1 atom stereocenters. The Morgan fingerprint density at radius 2 is 1.96 bits per heavy atom. The number of amides is 1. The van der Waals surface area contributed by atoms with E-state index in [9.17, 15) is 4.79 Å². The van der Waals surface area contributed by atoms with E-state index in [1.165, 1.54) is 5.56 Å². The fourth-order valence-corrected chi connectivity index (χ4v) is 3.30. The van der Waals surface area contributed by atoms with Crippen LogP contribution in [-0.2, 0) is 11.2 Å². The Hall–Kier alpha value is -1.10. The lowest BCUT2D eigenvalue weighted by Gasteiger charge is -2.37. The molecule has 1 heterocycles. The summed E-state index contributed by atoms with van der Waals surface area (Å²) >= 11 is 6.22. The standard InChI is InChI=1S/C18H26ClN3O/c1-14(18(23)20-16-6-7-16)22-12-10-21(11-13-22)9-8-15-4-2-3-5-17(15)19/h2-5,14,16H,6-13H2,1H3,(H,20,23). The number of nitrogens with one attached hydrogen (secondary N) is 1. The molecule has 126 valence electrons. The van der Waals surface area contributed by atoms with Gasteiger partial charge in [0.05, 0.1) is 6.04 Å². The summed E-state index contributed by atoms with van der Waals surface area (Å²) in [7, 11) is 0. The predicted octanol–water partition coefficient (Wildman–Crippen LogP) is 2.17. The van der Waals surface area contributed by atoms with Gasteiger partial charge in [-0.05, 0) is 37.8 Å². The van der Waals surface area contributed by atoms with E-state index in [1.54, 1.807) is 0 Å². The largest absolute Gasteiger partial charge is 0.352 e. The fraction of sp³-hybridized carbons (Fsp3) is 0.611. The molecule has 0 spiro atoms. The number of halogens is 1. The lowest BCUT2D eigenvalue weighted by molar-refractivity contribution is -0.126. The van der Waals surface area contributed by atoms with Crippen molar-refractivity contribution in [3.05, 3.63) is 34.9 Å². The van der Waals surface area contributed by atoms with Gasteiger partial charge in [0, 0.05) is 43.8 Å². The molecule has 1 aliphatic heterocycles. The molecule has 2 aliphatic rings. The maximum Gasteiger partial charge on any atom is 0.237 e. The molecule has 4 nitrogen and oxygen atoms in total. The fourth-order valence-electron chi connectivity index (χ4n) is 3.07. The smallest absolute Gasteiger partial charge is 0.237 e. The summed E-state index contributed by atoms with van der Waals surface area (Å²) in [6.45, 7) is 7.01. The van der Waals surface area contributed by atoms with Crippen molar-refractivity contribution >= 4 is 17.5 Å². The van der Waals surface area contributed by atoms with E-state index in [0.717, 1.165) is 57.0 Å². The molecule has 23 heavy (non-hydrogen) atoms. The Balaban J connectivity index is 1.41. The van der Waals surface area contributed by atoms with Crippen molar-refractivity contribution in [2.75, 3.05) is 32.7 Å². The molecule has 1 aromatic carbocycles. The molecular weight excluding hydrogens is 310 g/mol. The number of benzene rings is 1. The van der Waals surface area contributed by atoms with Crippen molar-refractivity contribution in [1.29, 1.82) is 0 Å². The highest BCUT2D eigenvalue weighted by Gasteiger charge is 2.29. The van der Waals surface area contributed by atoms with Crippen LogP contribution < -0.4 is 5.32 Å². The van der Waals surface area contributed by atoms with Crippen LogP contribution in [0.4, 0.5) is 0 Å². The molecule has 1 saturated carbocycles. The molecule has 0 bridgehead atoms.